The molecule has 0 saturated heterocycles. The zero-order valence-corrected chi connectivity index (χ0v) is 16.4. The first-order valence-corrected chi connectivity index (χ1v) is 10.0. The maximum atomic E-state index is 11.9. The van der Waals surface area contributed by atoms with Gasteiger partial charge in [-0.15, -0.1) is 0 Å². The summed E-state index contributed by atoms with van der Waals surface area (Å²) >= 11 is 0. The highest BCUT2D eigenvalue weighted by Crippen LogP contribution is 2.43. The van der Waals surface area contributed by atoms with E-state index in [9.17, 15) is 4.79 Å². The van der Waals surface area contributed by atoms with Gasteiger partial charge in [-0.3, -0.25) is 4.79 Å². The predicted octanol–water partition coefficient (Wildman–Crippen LogP) is 6.86. The molecule has 0 aromatic heterocycles. The summed E-state index contributed by atoms with van der Waals surface area (Å²) in [5.41, 5.74) is 4.15. The number of fused-ring (bicyclic) bond motifs is 2. The van der Waals surface area contributed by atoms with E-state index in [-0.39, 0.29) is 5.41 Å². The van der Waals surface area contributed by atoms with Gasteiger partial charge in [0.1, 0.15) is 6.29 Å². The molecule has 5 rings (SSSR count). The lowest BCUT2D eigenvalue weighted by atomic mass is 9.68. The van der Waals surface area contributed by atoms with E-state index < -0.39 is 0 Å². The molecule has 0 saturated carbocycles. The average Bonchev–Trinajstić information content (AvgIpc) is 2.78. The van der Waals surface area contributed by atoms with Crippen LogP contribution in [0.2, 0.25) is 0 Å². The SMILES string of the molecule is CC1(c2ccc3ccccc3c2)CC(c2ccc3ccccc3c2)=CC=C1C=O. The first kappa shape index (κ1) is 17.6. The quantitative estimate of drug-likeness (QED) is 0.358. The standard InChI is InChI=1S/C28H22O/c1-28(26-14-12-21-7-3-5-9-23(21)17-26)18-25(13-15-27(28)19-29)24-11-10-20-6-2-4-8-22(20)16-24/h2-17,19H,18H2,1H3. The van der Waals surface area contributed by atoms with E-state index in [1.165, 1.54) is 38.2 Å². The minimum absolute atomic E-state index is 0.346. The van der Waals surface area contributed by atoms with E-state index in [1.54, 1.807) is 0 Å². The fourth-order valence-corrected chi connectivity index (χ4v) is 4.47. The summed E-state index contributed by atoms with van der Waals surface area (Å²) in [4.78, 5) is 11.9. The van der Waals surface area contributed by atoms with Gasteiger partial charge in [0, 0.05) is 11.0 Å². The molecule has 0 radical (unpaired) electrons. The van der Waals surface area contributed by atoms with Crippen molar-refractivity contribution in [3.63, 3.8) is 0 Å². The van der Waals surface area contributed by atoms with Crippen LogP contribution in [0.25, 0.3) is 27.1 Å². The molecule has 0 aliphatic heterocycles. The maximum Gasteiger partial charge on any atom is 0.146 e. The Hall–Kier alpha value is -3.45. The second-order valence-electron chi connectivity index (χ2n) is 8.06. The Bertz CT molecular complexity index is 1310. The van der Waals surface area contributed by atoms with Crippen LogP contribution in [-0.2, 0) is 10.2 Å². The Morgan fingerprint density at radius 2 is 1.34 bits per heavy atom. The van der Waals surface area contributed by atoms with Gasteiger partial charge in [-0.1, -0.05) is 97.9 Å². The number of aldehydes is 1. The van der Waals surface area contributed by atoms with Gasteiger partial charge >= 0.3 is 0 Å². The number of rotatable bonds is 3. The Morgan fingerprint density at radius 1 is 0.724 bits per heavy atom. The van der Waals surface area contributed by atoms with Gasteiger partial charge in [0.15, 0.2) is 0 Å². The largest absolute Gasteiger partial charge is 0.298 e. The van der Waals surface area contributed by atoms with Crippen LogP contribution < -0.4 is 0 Å². The van der Waals surface area contributed by atoms with E-state index in [1.807, 2.05) is 6.08 Å². The van der Waals surface area contributed by atoms with Crippen LogP contribution in [-0.4, -0.2) is 6.29 Å². The molecule has 0 spiro atoms. The number of benzene rings is 4. The number of allylic oxidation sites excluding steroid dienone is 4. The van der Waals surface area contributed by atoms with Gasteiger partial charge in [-0.2, -0.15) is 0 Å². The molecule has 29 heavy (non-hydrogen) atoms. The summed E-state index contributed by atoms with van der Waals surface area (Å²) in [6.07, 6.45) is 5.92. The Kier molecular flexibility index (Phi) is 4.17. The third kappa shape index (κ3) is 3.00. The predicted molar refractivity (Wildman–Crippen MR) is 122 cm³/mol. The summed E-state index contributed by atoms with van der Waals surface area (Å²) in [5, 5.41) is 4.91. The Balaban J connectivity index is 1.60. The minimum Gasteiger partial charge on any atom is -0.298 e. The zero-order valence-electron chi connectivity index (χ0n) is 16.4. The van der Waals surface area contributed by atoms with E-state index in [2.05, 4.69) is 97.9 Å². The second kappa shape index (κ2) is 6.86. The van der Waals surface area contributed by atoms with Gasteiger partial charge in [0.2, 0.25) is 0 Å². The van der Waals surface area contributed by atoms with Gasteiger partial charge in [-0.25, -0.2) is 0 Å². The second-order valence-corrected chi connectivity index (χ2v) is 8.06. The van der Waals surface area contributed by atoms with Crippen LogP contribution in [0.5, 0.6) is 0 Å². The lowest BCUT2D eigenvalue weighted by Gasteiger charge is -2.34. The van der Waals surface area contributed by atoms with E-state index >= 15 is 0 Å². The van der Waals surface area contributed by atoms with E-state index in [4.69, 9.17) is 0 Å². The summed E-state index contributed by atoms with van der Waals surface area (Å²) in [6.45, 7) is 2.19. The monoisotopic (exact) mass is 374 g/mol. The molecule has 0 bridgehead atoms. The number of hydrogen-bond donors (Lipinski definition) is 0. The fourth-order valence-electron chi connectivity index (χ4n) is 4.47. The highest BCUT2D eigenvalue weighted by Gasteiger charge is 2.34. The van der Waals surface area contributed by atoms with Crippen molar-refractivity contribution in [3.05, 3.63) is 114 Å². The third-order valence-corrected chi connectivity index (χ3v) is 6.28. The van der Waals surface area contributed by atoms with Gasteiger partial charge in [0.05, 0.1) is 0 Å². The topological polar surface area (TPSA) is 17.1 Å². The molecule has 0 amide bonds. The smallest absolute Gasteiger partial charge is 0.146 e. The van der Waals surface area contributed by atoms with E-state index in [0.717, 1.165) is 18.3 Å². The summed E-state index contributed by atoms with van der Waals surface area (Å²) < 4.78 is 0. The number of hydrogen-bond acceptors (Lipinski definition) is 1. The summed E-state index contributed by atoms with van der Waals surface area (Å²) in [6, 6.07) is 30.0. The highest BCUT2D eigenvalue weighted by atomic mass is 16.1. The third-order valence-electron chi connectivity index (χ3n) is 6.28. The molecule has 0 fully saturated rings. The molecule has 1 atom stereocenters. The molecule has 1 nitrogen and oxygen atoms in total. The van der Waals surface area contributed by atoms with Crippen LogP contribution in [0.15, 0.2) is 103 Å². The average molecular weight is 374 g/mol. The molecule has 1 aliphatic rings. The maximum absolute atomic E-state index is 11.9. The molecule has 1 unspecified atom stereocenters. The lowest BCUT2D eigenvalue weighted by Crippen LogP contribution is -2.28. The minimum atomic E-state index is -0.346. The summed E-state index contributed by atoms with van der Waals surface area (Å²) in [7, 11) is 0. The van der Waals surface area contributed by atoms with Crippen LogP contribution >= 0.6 is 0 Å². The van der Waals surface area contributed by atoms with Crippen molar-refractivity contribution in [2.75, 3.05) is 0 Å². The molecular formula is C28H22O. The van der Waals surface area contributed by atoms with Gasteiger partial charge < -0.3 is 0 Å². The van der Waals surface area contributed by atoms with Crippen LogP contribution in [0.1, 0.15) is 24.5 Å². The van der Waals surface area contributed by atoms with Crippen LogP contribution in [0.4, 0.5) is 0 Å². The van der Waals surface area contributed by atoms with Crippen molar-refractivity contribution >= 4 is 33.4 Å². The lowest BCUT2D eigenvalue weighted by molar-refractivity contribution is -0.105. The number of carbonyl (C=O) groups is 1. The molecule has 0 N–H and O–H groups in total. The first-order valence-electron chi connectivity index (χ1n) is 10.0. The normalized spacial score (nSPS) is 19.1. The molecule has 1 aliphatic carbocycles. The van der Waals surface area contributed by atoms with Gasteiger partial charge in [-0.05, 0) is 50.7 Å². The van der Waals surface area contributed by atoms with Crippen molar-refractivity contribution in [3.8, 4) is 0 Å². The molecule has 0 heterocycles. The molecular weight excluding hydrogens is 352 g/mol. The fraction of sp³-hybridized carbons (Fsp3) is 0.107. The first-order chi connectivity index (χ1) is 14.2. The van der Waals surface area contributed by atoms with Crippen molar-refractivity contribution in [1.29, 1.82) is 0 Å². The van der Waals surface area contributed by atoms with E-state index in [0.29, 0.717) is 0 Å². The molecule has 4 aromatic carbocycles. The Labute approximate surface area is 171 Å². The molecule has 1 heteroatoms. The summed E-state index contributed by atoms with van der Waals surface area (Å²) in [5.74, 6) is 0. The van der Waals surface area contributed by atoms with Gasteiger partial charge in [0.25, 0.3) is 0 Å². The van der Waals surface area contributed by atoms with Crippen molar-refractivity contribution in [2.45, 2.75) is 18.8 Å². The zero-order chi connectivity index (χ0) is 19.8. The van der Waals surface area contributed by atoms with Crippen molar-refractivity contribution in [1.82, 2.24) is 0 Å². The molecule has 4 aromatic rings. The number of carbonyl (C=O) groups excluding carboxylic acids is 1. The van der Waals surface area contributed by atoms with Crippen LogP contribution in [0.3, 0.4) is 0 Å². The van der Waals surface area contributed by atoms with Crippen molar-refractivity contribution < 1.29 is 4.79 Å². The van der Waals surface area contributed by atoms with Crippen LogP contribution in [0, 0.1) is 0 Å². The highest BCUT2D eigenvalue weighted by molar-refractivity contribution is 5.90. The Morgan fingerprint density at radius 3 is 2.03 bits per heavy atom. The van der Waals surface area contributed by atoms with Crippen molar-refractivity contribution in [2.24, 2.45) is 0 Å². The molecule has 140 valence electrons.